The van der Waals surface area contributed by atoms with Gasteiger partial charge in [0.1, 0.15) is 11.8 Å². The molecule has 0 aliphatic rings. The molecule has 120 valence electrons. The summed E-state index contributed by atoms with van der Waals surface area (Å²) in [5.41, 5.74) is 1.87. The largest absolute Gasteiger partial charge is 0.496 e. The first-order valence-electron chi connectivity index (χ1n) is 7.10. The number of benzene rings is 1. The van der Waals surface area contributed by atoms with Gasteiger partial charge in [-0.05, 0) is 31.1 Å². The van der Waals surface area contributed by atoms with Crippen LogP contribution in [0.4, 0.5) is 0 Å². The molecule has 1 amide bonds. The Labute approximate surface area is 131 Å². The van der Waals surface area contributed by atoms with Crippen LogP contribution in [0, 0.1) is 12.8 Å². The Bertz CT molecular complexity index is 564. The van der Waals surface area contributed by atoms with Crippen LogP contribution in [0.3, 0.4) is 0 Å². The van der Waals surface area contributed by atoms with Crippen LogP contribution < -0.4 is 10.1 Å². The molecule has 1 rings (SSSR count). The lowest BCUT2D eigenvalue weighted by Crippen LogP contribution is -2.44. The second-order valence-corrected chi connectivity index (χ2v) is 5.33. The van der Waals surface area contributed by atoms with Crippen molar-refractivity contribution in [1.29, 1.82) is 0 Å². The van der Waals surface area contributed by atoms with Gasteiger partial charge in [-0.3, -0.25) is 4.79 Å². The van der Waals surface area contributed by atoms with E-state index in [0.717, 1.165) is 11.1 Å². The Balaban J connectivity index is 2.83. The zero-order valence-corrected chi connectivity index (χ0v) is 13.7. The van der Waals surface area contributed by atoms with Crippen molar-refractivity contribution in [1.82, 2.24) is 5.32 Å². The van der Waals surface area contributed by atoms with Crippen molar-refractivity contribution in [3.05, 3.63) is 35.4 Å². The topological polar surface area (TPSA) is 64.6 Å². The zero-order chi connectivity index (χ0) is 16.7. The maximum absolute atomic E-state index is 12.0. The van der Waals surface area contributed by atoms with Gasteiger partial charge in [0.05, 0.1) is 14.2 Å². The van der Waals surface area contributed by atoms with Crippen molar-refractivity contribution >= 4 is 18.0 Å². The van der Waals surface area contributed by atoms with E-state index in [9.17, 15) is 9.59 Å². The van der Waals surface area contributed by atoms with Crippen molar-refractivity contribution in [2.75, 3.05) is 14.2 Å². The maximum Gasteiger partial charge on any atom is 0.328 e. The standard InChI is InChI=1S/C17H23NO4/c1-11(2)16(17(20)22-5)18-15(19)9-7-13-10-12(3)6-8-14(13)21-4/h6-11,16H,1-5H3,(H,18,19)/b9-7+/t16-/m0/s1. The summed E-state index contributed by atoms with van der Waals surface area (Å²) < 4.78 is 9.94. The highest BCUT2D eigenvalue weighted by Gasteiger charge is 2.23. The molecule has 0 spiro atoms. The van der Waals surface area contributed by atoms with E-state index in [1.807, 2.05) is 39.0 Å². The van der Waals surface area contributed by atoms with Gasteiger partial charge >= 0.3 is 5.97 Å². The number of hydrogen-bond donors (Lipinski definition) is 1. The summed E-state index contributed by atoms with van der Waals surface area (Å²) in [5, 5.41) is 2.65. The summed E-state index contributed by atoms with van der Waals surface area (Å²) >= 11 is 0. The van der Waals surface area contributed by atoms with Crippen LogP contribution in [0.15, 0.2) is 24.3 Å². The van der Waals surface area contributed by atoms with E-state index in [1.54, 1.807) is 13.2 Å². The molecule has 0 aliphatic heterocycles. The maximum atomic E-state index is 12.0. The number of esters is 1. The number of nitrogens with one attached hydrogen (secondary N) is 1. The normalized spacial score (nSPS) is 12.3. The zero-order valence-electron chi connectivity index (χ0n) is 13.7. The highest BCUT2D eigenvalue weighted by atomic mass is 16.5. The molecular formula is C17H23NO4. The van der Waals surface area contributed by atoms with Gasteiger partial charge in [-0.25, -0.2) is 4.79 Å². The molecule has 22 heavy (non-hydrogen) atoms. The van der Waals surface area contributed by atoms with Gasteiger partial charge in [-0.2, -0.15) is 0 Å². The number of rotatable bonds is 6. The molecular weight excluding hydrogens is 282 g/mol. The minimum atomic E-state index is -0.665. The van der Waals surface area contributed by atoms with E-state index in [0.29, 0.717) is 5.75 Å². The molecule has 1 N–H and O–H groups in total. The van der Waals surface area contributed by atoms with Gasteiger partial charge < -0.3 is 14.8 Å². The molecule has 0 saturated heterocycles. The molecule has 0 saturated carbocycles. The fourth-order valence-electron chi connectivity index (χ4n) is 1.98. The van der Waals surface area contributed by atoms with Crippen LogP contribution >= 0.6 is 0 Å². The van der Waals surface area contributed by atoms with Crippen LogP contribution in [-0.2, 0) is 14.3 Å². The average molecular weight is 305 g/mol. The van der Waals surface area contributed by atoms with E-state index >= 15 is 0 Å². The predicted octanol–water partition coefficient (Wildman–Crippen LogP) is 2.33. The van der Waals surface area contributed by atoms with E-state index < -0.39 is 12.0 Å². The summed E-state index contributed by atoms with van der Waals surface area (Å²) in [5.74, 6) is -0.182. The highest BCUT2D eigenvalue weighted by molar-refractivity contribution is 5.95. The number of methoxy groups -OCH3 is 2. The fourth-order valence-corrected chi connectivity index (χ4v) is 1.98. The molecule has 5 nitrogen and oxygen atoms in total. The minimum Gasteiger partial charge on any atom is -0.496 e. The van der Waals surface area contributed by atoms with Gasteiger partial charge in [0.25, 0.3) is 0 Å². The second-order valence-electron chi connectivity index (χ2n) is 5.33. The number of hydrogen-bond acceptors (Lipinski definition) is 4. The Kier molecular flexibility index (Phi) is 6.63. The van der Waals surface area contributed by atoms with Crippen molar-refractivity contribution in [2.24, 2.45) is 5.92 Å². The third-order valence-electron chi connectivity index (χ3n) is 3.22. The molecule has 5 heteroatoms. The van der Waals surface area contributed by atoms with Gasteiger partial charge in [-0.1, -0.05) is 25.5 Å². The third-order valence-corrected chi connectivity index (χ3v) is 3.22. The van der Waals surface area contributed by atoms with Crippen LogP contribution in [0.1, 0.15) is 25.0 Å². The van der Waals surface area contributed by atoms with Crippen molar-refractivity contribution in [3.63, 3.8) is 0 Å². The van der Waals surface area contributed by atoms with Gasteiger partial charge in [0.15, 0.2) is 0 Å². The van der Waals surface area contributed by atoms with Crippen LogP contribution in [0.25, 0.3) is 6.08 Å². The number of carbonyl (C=O) groups is 2. The first kappa shape index (κ1) is 17.8. The SMILES string of the molecule is COC(=O)[C@@H](NC(=O)/C=C/c1cc(C)ccc1OC)C(C)C. The lowest BCUT2D eigenvalue weighted by atomic mass is 10.0. The molecule has 0 heterocycles. The Morgan fingerprint density at radius 3 is 2.45 bits per heavy atom. The summed E-state index contributed by atoms with van der Waals surface area (Å²) in [7, 11) is 2.88. The molecule has 0 bridgehead atoms. The first-order valence-corrected chi connectivity index (χ1v) is 7.10. The smallest absolute Gasteiger partial charge is 0.328 e. The predicted molar refractivity (Wildman–Crippen MR) is 85.5 cm³/mol. The number of aryl methyl sites for hydroxylation is 1. The average Bonchev–Trinajstić information content (AvgIpc) is 2.49. The number of carbonyl (C=O) groups excluding carboxylic acids is 2. The van der Waals surface area contributed by atoms with Crippen LogP contribution in [0.2, 0.25) is 0 Å². The summed E-state index contributed by atoms with van der Waals surface area (Å²) in [6.45, 7) is 5.65. The monoisotopic (exact) mass is 305 g/mol. The molecule has 1 aromatic rings. The van der Waals surface area contributed by atoms with E-state index in [-0.39, 0.29) is 11.8 Å². The number of ether oxygens (including phenoxy) is 2. The molecule has 1 aromatic carbocycles. The number of amides is 1. The Morgan fingerprint density at radius 1 is 1.23 bits per heavy atom. The molecule has 0 fully saturated rings. The van der Waals surface area contributed by atoms with Crippen LogP contribution in [0.5, 0.6) is 5.75 Å². The lowest BCUT2D eigenvalue weighted by Gasteiger charge is -2.18. The van der Waals surface area contributed by atoms with Gasteiger partial charge in [0, 0.05) is 11.6 Å². The van der Waals surface area contributed by atoms with Crippen LogP contribution in [-0.4, -0.2) is 32.1 Å². The Hall–Kier alpha value is -2.30. The Morgan fingerprint density at radius 2 is 1.91 bits per heavy atom. The van der Waals surface area contributed by atoms with E-state index in [2.05, 4.69) is 5.32 Å². The van der Waals surface area contributed by atoms with Gasteiger partial charge in [0.2, 0.25) is 5.91 Å². The first-order chi connectivity index (χ1) is 10.4. The summed E-state index contributed by atoms with van der Waals surface area (Å²) in [6.07, 6.45) is 3.05. The van der Waals surface area contributed by atoms with Crippen molar-refractivity contribution < 1.29 is 19.1 Å². The molecule has 0 aliphatic carbocycles. The molecule has 0 aromatic heterocycles. The van der Waals surface area contributed by atoms with E-state index in [1.165, 1.54) is 13.2 Å². The second kappa shape index (κ2) is 8.22. The summed E-state index contributed by atoms with van der Waals surface area (Å²) in [4.78, 5) is 23.6. The minimum absolute atomic E-state index is 0.0571. The molecule has 0 unspecified atom stereocenters. The fraction of sp³-hybridized carbons (Fsp3) is 0.412. The van der Waals surface area contributed by atoms with E-state index in [4.69, 9.17) is 9.47 Å². The van der Waals surface area contributed by atoms with Gasteiger partial charge in [-0.15, -0.1) is 0 Å². The third kappa shape index (κ3) is 4.91. The quantitative estimate of drug-likeness (QED) is 0.647. The van der Waals surface area contributed by atoms with Crippen molar-refractivity contribution in [3.8, 4) is 5.75 Å². The lowest BCUT2D eigenvalue weighted by molar-refractivity contribution is -0.145. The molecule has 1 atom stereocenters. The highest BCUT2D eigenvalue weighted by Crippen LogP contribution is 2.20. The molecule has 0 radical (unpaired) electrons. The van der Waals surface area contributed by atoms with Crippen molar-refractivity contribution in [2.45, 2.75) is 26.8 Å². The summed E-state index contributed by atoms with van der Waals surface area (Å²) in [6, 6.07) is 5.03.